The summed E-state index contributed by atoms with van der Waals surface area (Å²) in [5.74, 6) is -1.28. The van der Waals surface area contributed by atoms with E-state index in [1.807, 2.05) is 13.0 Å². The molecule has 0 fully saturated rings. The summed E-state index contributed by atoms with van der Waals surface area (Å²) in [6, 6.07) is 5.34. The first-order valence-corrected chi connectivity index (χ1v) is 6.87. The summed E-state index contributed by atoms with van der Waals surface area (Å²) in [6.45, 7) is 9.64. The Hall–Kier alpha value is -1.88. The van der Waals surface area contributed by atoms with Crippen LogP contribution < -0.4 is 5.32 Å². The largest absolute Gasteiger partial charge is 0.327 e. The van der Waals surface area contributed by atoms with E-state index >= 15 is 0 Å². The molecule has 2 amide bonds. The number of benzene rings is 1. The van der Waals surface area contributed by atoms with E-state index in [-0.39, 0.29) is 0 Å². The second-order valence-electron chi connectivity index (χ2n) is 4.21. The fourth-order valence-electron chi connectivity index (χ4n) is 1.60. The van der Waals surface area contributed by atoms with Crippen LogP contribution in [0.3, 0.4) is 0 Å². The number of anilines is 1. The van der Waals surface area contributed by atoms with Gasteiger partial charge in [0, 0.05) is 23.2 Å². The van der Waals surface area contributed by atoms with E-state index in [0.717, 1.165) is 10.0 Å². The standard InChI is InChI=1S/C15H17BrN2O2/c1-4-8-18(9-5-2)15(20)14(19)17-12-6-7-13(16)11(3)10-12/h4-7,10H,1-2,8-9H2,3H3,(H,17,19). The molecule has 0 aliphatic heterocycles. The van der Waals surface area contributed by atoms with Crippen molar-refractivity contribution < 1.29 is 9.59 Å². The summed E-state index contributed by atoms with van der Waals surface area (Å²) in [5.41, 5.74) is 1.56. The summed E-state index contributed by atoms with van der Waals surface area (Å²) in [4.78, 5) is 25.3. The Bertz CT molecular complexity index is 531. The van der Waals surface area contributed by atoms with Gasteiger partial charge in [0.2, 0.25) is 0 Å². The number of nitrogens with zero attached hydrogens (tertiary/aromatic N) is 1. The molecule has 0 aliphatic rings. The van der Waals surface area contributed by atoms with Crippen LogP contribution in [0, 0.1) is 6.92 Å². The molecule has 0 radical (unpaired) electrons. The number of aryl methyl sites for hydroxylation is 1. The Morgan fingerprint density at radius 3 is 2.40 bits per heavy atom. The van der Waals surface area contributed by atoms with E-state index < -0.39 is 11.8 Å². The molecule has 0 aliphatic carbocycles. The first-order valence-electron chi connectivity index (χ1n) is 6.07. The number of carbonyl (C=O) groups is 2. The van der Waals surface area contributed by atoms with Crippen molar-refractivity contribution in [2.24, 2.45) is 0 Å². The van der Waals surface area contributed by atoms with Gasteiger partial charge in [-0.2, -0.15) is 0 Å². The molecule has 20 heavy (non-hydrogen) atoms. The van der Waals surface area contributed by atoms with Crippen LogP contribution in [0.15, 0.2) is 48.0 Å². The Labute approximate surface area is 127 Å². The van der Waals surface area contributed by atoms with E-state index in [4.69, 9.17) is 0 Å². The number of rotatable bonds is 5. The summed E-state index contributed by atoms with van der Waals surface area (Å²) in [6.07, 6.45) is 3.14. The molecule has 0 spiro atoms. The fourth-order valence-corrected chi connectivity index (χ4v) is 1.85. The minimum Gasteiger partial charge on any atom is -0.327 e. The highest BCUT2D eigenvalue weighted by Gasteiger charge is 2.20. The molecule has 106 valence electrons. The van der Waals surface area contributed by atoms with Gasteiger partial charge in [-0.15, -0.1) is 13.2 Å². The quantitative estimate of drug-likeness (QED) is 0.663. The minimum absolute atomic E-state index is 0.303. The zero-order valence-corrected chi connectivity index (χ0v) is 12.9. The molecular weight excluding hydrogens is 320 g/mol. The topological polar surface area (TPSA) is 49.4 Å². The molecule has 1 N–H and O–H groups in total. The third-order valence-electron chi connectivity index (χ3n) is 2.60. The highest BCUT2D eigenvalue weighted by molar-refractivity contribution is 9.10. The Morgan fingerprint density at radius 2 is 1.90 bits per heavy atom. The predicted molar refractivity (Wildman–Crippen MR) is 84.5 cm³/mol. The summed E-state index contributed by atoms with van der Waals surface area (Å²) >= 11 is 3.38. The van der Waals surface area contributed by atoms with Crippen molar-refractivity contribution in [2.75, 3.05) is 18.4 Å². The first kappa shape index (κ1) is 16.2. The number of amides is 2. The van der Waals surface area contributed by atoms with Crippen LogP contribution in [0.4, 0.5) is 5.69 Å². The van der Waals surface area contributed by atoms with Crippen molar-refractivity contribution in [3.8, 4) is 0 Å². The Balaban J connectivity index is 2.77. The summed E-state index contributed by atoms with van der Waals surface area (Å²) in [7, 11) is 0. The number of hydrogen-bond donors (Lipinski definition) is 1. The van der Waals surface area contributed by atoms with Crippen molar-refractivity contribution in [3.63, 3.8) is 0 Å². The normalized spacial score (nSPS) is 9.70. The van der Waals surface area contributed by atoms with Crippen LogP contribution in [0.1, 0.15) is 5.56 Å². The molecule has 0 heterocycles. The molecule has 1 rings (SSSR count). The molecule has 0 aromatic heterocycles. The van der Waals surface area contributed by atoms with E-state index in [2.05, 4.69) is 34.4 Å². The lowest BCUT2D eigenvalue weighted by atomic mass is 10.2. The minimum atomic E-state index is -0.671. The second kappa shape index (κ2) is 7.65. The number of nitrogens with one attached hydrogen (secondary N) is 1. The molecule has 0 saturated heterocycles. The van der Waals surface area contributed by atoms with Gasteiger partial charge in [-0.05, 0) is 30.7 Å². The van der Waals surface area contributed by atoms with Crippen molar-refractivity contribution in [2.45, 2.75) is 6.92 Å². The van der Waals surface area contributed by atoms with Gasteiger partial charge < -0.3 is 10.2 Å². The molecule has 5 heteroatoms. The average Bonchev–Trinajstić information content (AvgIpc) is 2.42. The van der Waals surface area contributed by atoms with Crippen molar-refractivity contribution in [1.29, 1.82) is 0 Å². The van der Waals surface area contributed by atoms with Gasteiger partial charge in [0.05, 0.1) is 0 Å². The predicted octanol–water partition coefficient (Wildman–Crippen LogP) is 2.90. The highest BCUT2D eigenvalue weighted by Crippen LogP contribution is 2.19. The van der Waals surface area contributed by atoms with Crippen LogP contribution in [0.5, 0.6) is 0 Å². The lowest BCUT2D eigenvalue weighted by molar-refractivity contribution is -0.142. The third kappa shape index (κ3) is 4.35. The molecule has 1 aromatic carbocycles. The third-order valence-corrected chi connectivity index (χ3v) is 3.49. The van der Waals surface area contributed by atoms with Gasteiger partial charge in [-0.25, -0.2) is 0 Å². The van der Waals surface area contributed by atoms with Crippen LogP contribution in [0.25, 0.3) is 0 Å². The van der Waals surface area contributed by atoms with Crippen LogP contribution in [-0.2, 0) is 9.59 Å². The number of carbonyl (C=O) groups excluding carboxylic acids is 2. The maximum atomic E-state index is 12.0. The zero-order valence-electron chi connectivity index (χ0n) is 11.4. The summed E-state index contributed by atoms with van der Waals surface area (Å²) in [5, 5.41) is 2.59. The molecule has 0 unspecified atom stereocenters. The summed E-state index contributed by atoms with van der Waals surface area (Å²) < 4.78 is 0.946. The molecule has 0 bridgehead atoms. The average molecular weight is 337 g/mol. The van der Waals surface area contributed by atoms with Crippen molar-refractivity contribution in [1.82, 2.24) is 4.90 Å². The molecular formula is C15H17BrN2O2. The van der Waals surface area contributed by atoms with E-state index in [0.29, 0.717) is 18.8 Å². The lowest BCUT2D eigenvalue weighted by Crippen LogP contribution is -2.39. The highest BCUT2D eigenvalue weighted by atomic mass is 79.9. The maximum absolute atomic E-state index is 12.0. The number of halogens is 1. The first-order chi connectivity index (χ1) is 9.49. The van der Waals surface area contributed by atoms with Crippen LogP contribution >= 0.6 is 15.9 Å². The van der Waals surface area contributed by atoms with Gasteiger partial charge in [-0.3, -0.25) is 9.59 Å². The van der Waals surface area contributed by atoms with E-state index in [1.54, 1.807) is 24.3 Å². The van der Waals surface area contributed by atoms with Gasteiger partial charge in [-0.1, -0.05) is 28.1 Å². The fraction of sp³-hybridized carbons (Fsp3) is 0.200. The second-order valence-corrected chi connectivity index (χ2v) is 5.06. The van der Waals surface area contributed by atoms with Crippen LogP contribution in [-0.4, -0.2) is 29.8 Å². The van der Waals surface area contributed by atoms with E-state index in [1.165, 1.54) is 4.90 Å². The Kier molecular flexibility index (Phi) is 6.18. The van der Waals surface area contributed by atoms with Crippen molar-refractivity contribution >= 4 is 33.4 Å². The van der Waals surface area contributed by atoms with E-state index in [9.17, 15) is 9.59 Å². The van der Waals surface area contributed by atoms with Gasteiger partial charge in [0.25, 0.3) is 0 Å². The molecule has 0 atom stereocenters. The van der Waals surface area contributed by atoms with Gasteiger partial charge >= 0.3 is 11.8 Å². The van der Waals surface area contributed by atoms with Crippen LogP contribution in [0.2, 0.25) is 0 Å². The smallest absolute Gasteiger partial charge is 0.313 e. The van der Waals surface area contributed by atoms with Crippen molar-refractivity contribution in [3.05, 3.63) is 53.5 Å². The van der Waals surface area contributed by atoms with Gasteiger partial charge in [0.1, 0.15) is 0 Å². The SMILES string of the molecule is C=CCN(CC=C)C(=O)C(=O)Nc1ccc(Br)c(C)c1. The monoisotopic (exact) mass is 336 g/mol. The molecule has 1 aromatic rings. The molecule has 0 saturated carbocycles. The van der Waals surface area contributed by atoms with Gasteiger partial charge in [0.15, 0.2) is 0 Å². The molecule has 4 nitrogen and oxygen atoms in total. The lowest BCUT2D eigenvalue weighted by Gasteiger charge is -2.18. The Morgan fingerprint density at radius 1 is 1.30 bits per heavy atom. The number of hydrogen-bond acceptors (Lipinski definition) is 2. The zero-order chi connectivity index (χ0) is 15.1. The maximum Gasteiger partial charge on any atom is 0.313 e.